The Labute approximate surface area is 116 Å². The predicted molar refractivity (Wildman–Crippen MR) is 78.5 cm³/mol. The van der Waals surface area contributed by atoms with Crippen LogP contribution in [0.25, 0.3) is 0 Å². The number of rotatable bonds is 4. The highest BCUT2D eigenvalue weighted by atomic mass is 15.3. The number of likely N-dealkylation sites (N-methyl/N-ethyl adjacent to an activating group) is 1. The van der Waals surface area contributed by atoms with Crippen LogP contribution in [0.1, 0.15) is 25.1 Å². The van der Waals surface area contributed by atoms with E-state index in [2.05, 4.69) is 52.9 Å². The Morgan fingerprint density at radius 3 is 2.84 bits per heavy atom. The first-order chi connectivity index (χ1) is 9.11. The average Bonchev–Trinajstić information content (AvgIpc) is 2.37. The van der Waals surface area contributed by atoms with Gasteiger partial charge in [-0.25, -0.2) is 9.97 Å². The lowest BCUT2D eigenvalue weighted by molar-refractivity contribution is 0.273. The van der Waals surface area contributed by atoms with Crippen molar-refractivity contribution in [2.45, 2.75) is 33.4 Å². The van der Waals surface area contributed by atoms with E-state index < -0.39 is 0 Å². The molecule has 1 atom stereocenters. The Bertz CT molecular complexity index is 420. The highest BCUT2D eigenvalue weighted by Gasteiger charge is 2.23. The molecule has 1 N–H and O–H groups in total. The molecule has 0 bridgehead atoms. The summed E-state index contributed by atoms with van der Waals surface area (Å²) in [7, 11) is 2.17. The first-order valence-corrected chi connectivity index (χ1v) is 7.10. The van der Waals surface area contributed by atoms with Crippen molar-refractivity contribution >= 4 is 5.95 Å². The van der Waals surface area contributed by atoms with Crippen LogP contribution in [0.3, 0.4) is 0 Å². The van der Waals surface area contributed by atoms with E-state index >= 15 is 0 Å². The Morgan fingerprint density at radius 2 is 2.21 bits per heavy atom. The molecule has 0 spiro atoms. The van der Waals surface area contributed by atoms with Crippen LogP contribution in [-0.2, 0) is 6.54 Å². The van der Waals surface area contributed by atoms with Crippen LogP contribution in [-0.4, -0.2) is 54.1 Å². The molecule has 2 rings (SSSR count). The van der Waals surface area contributed by atoms with Crippen LogP contribution < -0.4 is 10.2 Å². The molecule has 0 amide bonds. The quantitative estimate of drug-likeness (QED) is 0.879. The number of nitrogens with zero attached hydrogens (tertiary/aromatic N) is 4. The van der Waals surface area contributed by atoms with E-state index in [0.717, 1.165) is 44.4 Å². The summed E-state index contributed by atoms with van der Waals surface area (Å²) in [5, 5.41) is 3.32. The molecule has 1 aromatic heterocycles. The maximum Gasteiger partial charge on any atom is 0.225 e. The summed E-state index contributed by atoms with van der Waals surface area (Å²) in [6.07, 6.45) is 1.96. The molecule has 0 saturated carbocycles. The number of aryl methyl sites for hydroxylation is 1. The van der Waals surface area contributed by atoms with Crippen LogP contribution in [0, 0.1) is 6.92 Å². The van der Waals surface area contributed by atoms with Crippen molar-refractivity contribution < 1.29 is 0 Å². The molecule has 5 nitrogen and oxygen atoms in total. The molecule has 1 aliphatic rings. The van der Waals surface area contributed by atoms with Crippen molar-refractivity contribution in [2.75, 3.05) is 38.1 Å². The first kappa shape index (κ1) is 14.2. The lowest BCUT2D eigenvalue weighted by atomic mass is 10.2. The number of hydrogen-bond acceptors (Lipinski definition) is 5. The van der Waals surface area contributed by atoms with E-state index in [0.29, 0.717) is 6.04 Å². The Kier molecular flexibility index (Phi) is 4.71. The van der Waals surface area contributed by atoms with Gasteiger partial charge in [-0.05, 0) is 27.4 Å². The number of hydrogen-bond donors (Lipinski definition) is 1. The van der Waals surface area contributed by atoms with E-state index in [-0.39, 0.29) is 0 Å². The normalized spacial score (nSPS) is 20.8. The Balaban J connectivity index is 2.10. The standard InChI is InChI=1S/C14H25N5/c1-5-15-8-13-9-16-14(17-12(13)3)19-7-6-18(4)10-11(19)2/h9,11,15H,5-8,10H2,1-4H3. The summed E-state index contributed by atoms with van der Waals surface area (Å²) in [5.74, 6) is 0.873. The summed E-state index contributed by atoms with van der Waals surface area (Å²) in [5.41, 5.74) is 2.27. The van der Waals surface area contributed by atoms with Crippen molar-refractivity contribution in [1.82, 2.24) is 20.2 Å². The smallest absolute Gasteiger partial charge is 0.225 e. The fourth-order valence-electron chi connectivity index (χ4n) is 2.49. The van der Waals surface area contributed by atoms with Crippen LogP contribution in [0.15, 0.2) is 6.20 Å². The Morgan fingerprint density at radius 1 is 1.42 bits per heavy atom. The summed E-state index contributed by atoms with van der Waals surface area (Å²) < 4.78 is 0. The molecule has 0 aromatic carbocycles. The van der Waals surface area contributed by atoms with Gasteiger partial charge in [0.1, 0.15) is 0 Å². The van der Waals surface area contributed by atoms with Gasteiger partial charge in [0, 0.05) is 49.7 Å². The van der Waals surface area contributed by atoms with Gasteiger partial charge in [0.25, 0.3) is 0 Å². The molecule has 1 fully saturated rings. The maximum atomic E-state index is 4.68. The molecule has 1 aromatic rings. The topological polar surface area (TPSA) is 44.3 Å². The molecule has 2 heterocycles. The van der Waals surface area contributed by atoms with Crippen molar-refractivity contribution in [1.29, 1.82) is 0 Å². The minimum atomic E-state index is 0.470. The van der Waals surface area contributed by atoms with Gasteiger partial charge < -0.3 is 15.1 Å². The minimum absolute atomic E-state index is 0.470. The minimum Gasteiger partial charge on any atom is -0.336 e. The first-order valence-electron chi connectivity index (χ1n) is 7.10. The van der Waals surface area contributed by atoms with Gasteiger partial charge in [0.05, 0.1) is 0 Å². The molecule has 1 aliphatic heterocycles. The second kappa shape index (κ2) is 6.30. The van der Waals surface area contributed by atoms with Crippen molar-refractivity contribution in [3.8, 4) is 0 Å². The van der Waals surface area contributed by atoms with Gasteiger partial charge >= 0.3 is 0 Å². The monoisotopic (exact) mass is 263 g/mol. The van der Waals surface area contributed by atoms with Crippen LogP contribution in [0.2, 0.25) is 0 Å². The summed E-state index contributed by atoms with van der Waals surface area (Å²) >= 11 is 0. The second-order valence-corrected chi connectivity index (χ2v) is 5.37. The van der Waals surface area contributed by atoms with E-state index in [4.69, 9.17) is 0 Å². The second-order valence-electron chi connectivity index (χ2n) is 5.37. The fourth-order valence-corrected chi connectivity index (χ4v) is 2.49. The lowest BCUT2D eigenvalue weighted by Crippen LogP contribution is -2.51. The number of anilines is 1. The summed E-state index contributed by atoms with van der Waals surface area (Å²) in [6, 6.07) is 0.470. The van der Waals surface area contributed by atoms with Gasteiger partial charge in [0.15, 0.2) is 0 Å². The average molecular weight is 263 g/mol. The molecule has 0 aliphatic carbocycles. The molecule has 1 saturated heterocycles. The maximum absolute atomic E-state index is 4.68. The number of aromatic nitrogens is 2. The fraction of sp³-hybridized carbons (Fsp3) is 0.714. The molecule has 1 unspecified atom stereocenters. The van der Waals surface area contributed by atoms with Gasteiger partial charge in [-0.1, -0.05) is 6.92 Å². The van der Waals surface area contributed by atoms with Crippen LogP contribution in [0.4, 0.5) is 5.95 Å². The van der Waals surface area contributed by atoms with Gasteiger partial charge in [0.2, 0.25) is 5.95 Å². The highest BCUT2D eigenvalue weighted by molar-refractivity contribution is 5.35. The largest absolute Gasteiger partial charge is 0.336 e. The zero-order valence-electron chi connectivity index (χ0n) is 12.5. The molecule has 0 radical (unpaired) electrons. The summed E-state index contributed by atoms with van der Waals surface area (Å²) in [4.78, 5) is 13.9. The van der Waals surface area contributed by atoms with Crippen molar-refractivity contribution in [3.63, 3.8) is 0 Å². The third-order valence-corrected chi connectivity index (χ3v) is 3.72. The Hall–Kier alpha value is -1.20. The van der Waals surface area contributed by atoms with E-state index in [1.165, 1.54) is 5.56 Å². The SMILES string of the molecule is CCNCc1cnc(N2CCN(C)CC2C)nc1C. The predicted octanol–water partition coefficient (Wildman–Crippen LogP) is 1.03. The highest BCUT2D eigenvalue weighted by Crippen LogP contribution is 2.17. The van der Waals surface area contributed by atoms with E-state index in [9.17, 15) is 0 Å². The van der Waals surface area contributed by atoms with E-state index in [1.54, 1.807) is 0 Å². The number of nitrogens with one attached hydrogen (secondary N) is 1. The summed E-state index contributed by atoms with van der Waals surface area (Å²) in [6.45, 7) is 11.4. The van der Waals surface area contributed by atoms with Crippen LogP contribution in [0.5, 0.6) is 0 Å². The zero-order chi connectivity index (χ0) is 13.8. The van der Waals surface area contributed by atoms with Crippen molar-refractivity contribution in [2.24, 2.45) is 0 Å². The van der Waals surface area contributed by atoms with Gasteiger partial charge in [-0.3, -0.25) is 0 Å². The van der Waals surface area contributed by atoms with Gasteiger partial charge in [-0.2, -0.15) is 0 Å². The third kappa shape index (κ3) is 3.42. The molecular formula is C14H25N5. The van der Waals surface area contributed by atoms with E-state index in [1.807, 2.05) is 6.20 Å². The third-order valence-electron chi connectivity index (χ3n) is 3.72. The zero-order valence-corrected chi connectivity index (χ0v) is 12.5. The van der Waals surface area contributed by atoms with Crippen LogP contribution >= 0.6 is 0 Å². The molecule has 5 heteroatoms. The van der Waals surface area contributed by atoms with Gasteiger partial charge in [-0.15, -0.1) is 0 Å². The lowest BCUT2D eigenvalue weighted by Gasteiger charge is -2.38. The van der Waals surface area contributed by atoms with Crippen molar-refractivity contribution in [3.05, 3.63) is 17.5 Å². The number of piperazine rings is 1. The molecule has 106 valence electrons. The molecule has 19 heavy (non-hydrogen) atoms. The molecular weight excluding hydrogens is 238 g/mol.